The maximum atomic E-state index is 11.7. The number of halogens is 1. The van der Waals surface area contributed by atoms with Crippen LogP contribution in [0.25, 0.3) is 0 Å². The molecule has 1 aromatic rings. The fourth-order valence-corrected chi connectivity index (χ4v) is 2.77. The van der Waals surface area contributed by atoms with E-state index in [-0.39, 0.29) is 30.5 Å². The monoisotopic (exact) mass is 306 g/mol. The zero-order chi connectivity index (χ0) is 13.5. The molecule has 110 valence electrons. The lowest BCUT2D eigenvalue weighted by Gasteiger charge is -2.16. The van der Waals surface area contributed by atoms with Crippen LogP contribution in [-0.2, 0) is 16.0 Å². The average molecular weight is 307 g/mol. The van der Waals surface area contributed by atoms with Crippen LogP contribution >= 0.6 is 23.7 Å². The summed E-state index contributed by atoms with van der Waals surface area (Å²) in [6, 6.07) is 4.34. The second kappa shape index (κ2) is 9.31. The van der Waals surface area contributed by atoms with Gasteiger partial charge < -0.3 is 15.8 Å². The number of methoxy groups -OCH3 is 1. The highest BCUT2D eigenvalue weighted by atomic mass is 35.5. The fraction of sp³-hybridized carbons (Fsp3) is 0.615. The first-order valence-corrected chi connectivity index (χ1v) is 6.94. The fourth-order valence-electron chi connectivity index (χ4n) is 1.75. The first kappa shape index (κ1) is 18.4. The third kappa shape index (κ3) is 6.92. The van der Waals surface area contributed by atoms with Crippen LogP contribution in [0, 0.1) is 6.92 Å². The zero-order valence-electron chi connectivity index (χ0n) is 11.6. The van der Waals surface area contributed by atoms with Gasteiger partial charge in [-0.05, 0) is 26.0 Å². The van der Waals surface area contributed by atoms with Crippen molar-refractivity contribution < 1.29 is 9.53 Å². The molecule has 6 heteroatoms. The van der Waals surface area contributed by atoms with Gasteiger partial charge in [-0.3, -0.25) is 4.79 Å². The molecule has 0 aliphatic heterocycles. The summed E-state index contributed by atoms with van der Waals surface area (Å²) >= 11 is 1.77. The largest absolute Gasteiger partial charge is 0.380 e. The minimum Gasteiger partial charge on any atom is -0.380 e. The molecule has 0 fully saturated rings. The Hall–Kier alpha value is -0.620. The number of carbonyl (C=O) groups is 1. The number of amides is 1. The van der Waals surface area contributed by atoms with Crippen LogP contribution in [0.3, 0.4) is 0 Å². The van der Waals surface area contributed by atoms with E-state index in [0.717, 1.165) is 6.42 Å². The maximum Gasteiger partial charge on any atom is 0.222 e. The molecular formula is C13H23ClN2O2S. The minimum absolute atomic E-state index is 0. The molecule has 0 spiro atoms. The van der Waals surface area contributed by atoms with Crippen LogP contribution in [0.4, 0.5) is 0 Å². The van der Waals surface area contributed by atoms with Gasteiger partial charge in [-0.2, -0.15) is 0 Å². The number of rotatable bonds is 7. The van der Waals surface area contributed by atoms with Gasteiger partial charge in [-0.1, -0.05) is 0 Å². The summed E-state index contributed by atoms with van der Waals surface area (Å²) < 4.78 is 5.09. The van der Waals surface area contributed by atoms with E-state index in [1.54, 1.807) is 18.4 Å². The van der Waals surface area contributed by atoms with E-state index in [1.807, 2.05) is 6.92 Å². The van der Waals surface area contributed by atoms with Crippen LogP contribution in [0.1, 0.15) is 23.1 Å². The molecule has 2 unspecified atom stereocenters. The van der Waals surface area contributed by atoms with Gasteiger partial charge in [0.25, 0.3) is 0 Å². The van der Waals surface area contributed by atoms with Gasteiger partial charge >= 0.3 is 0 Å². The number of aryl methyl sites for hydroxylation is 1. The molecule has 0 aliphatic rings. The van der Waals surface area contributed by atoms with Crippen molar-refractivity contribution in [2.75, 3.05) is 13.7 Å². The third-order valence-corrected chi connectivity index (χ3v) is 3.74. The smallest absolute Gasteiger partial charge is 0.222 e. The lowest BCUT2D eigenvalue weighted by molar-refractivity contribution is -0.123. The molecule has 0 saturated carbocycles. The van der Waals surface area contributed by atoms with Crippen molar-refractivity contribution in [2.24, 2.45) is 5.73 Å². The van der Waals surface area contributed by atoms with E-state index in [4.69, 9.17) is 10.5 Å². The number of thiophene rings is 1. The summed E-state index contributed by atoms with van der Waals surface area (Å²) in [6.45, 7) is 4.46. The van der Waals surface area contributed by atoms with Crippen molar-refractivity contribution in [1.82, 2.24) is 5.32 Å². The van der Waals surface area contributed by atoms with Gasteiger partial charge in [-0.15, -0.1) is 23.7 Å². The summed E-state index contributed by atoms with van der Waals surface area (Å²) in [4.78, 5) is 14.3. The molecular weight excluding hydrogens is 284 g/mol. The summed E-state index contributed by atoms with van der Waals surface area (Å²) in [5.41, 5.74) is 5.49. The predicted molar refractivity (Wildman–Crippen MR) is 82.1 cm³/mol. The Kier molecular flexibility index (Phi) is 9.01. The molecule has 1 amide bonds. The van der Waals surface area contributed by atoms with E-state index in [2.05, 4.69) is 24.4 Å². The summed E-state index contributed by atoms with van der Waals surface area (Å²) in [6.07, 6.45) is 0.992. The van der Waals surface area contributed by atoms with Crippen molar-refractivity contribution in [3.8, 4) is 0 Å². The van der Waals surface area contributed by atoms with Crippen LogP contribution in [0.5, 0.6) is 0 Å². The second-order valence-electron chi connectivity index (χ2n) is 4.48. The van der Waals surface area contributed by atoms with Crippen LogP contribution in [0.2, 0.25) is 0 Å². The molecule has 0 bridgehead atoms. The van der Waals surface area contributed by atoms with Crippen molar-refractivity contribution in [2.45, 2.75) is 38.8 Å². The molecule has 0 saturated heterocycles. The van der Waals surface area contributed by atoms with E-state index >= 15 is 0 Å². The Morgan fingerprint density at radius 1 is 1.53 bits per heavy atom. The van der Waals surface area contributed by atoms with E-state index in [1.165, 1.54) is 9.75 Å². The second-order valence-corrected chi connectivity index (χ2v) is 5.86. The summed E-state index contributed by atoms with van der Waals surface area (Å²) in [5, 5.41) is 2.97. The lowest BCUT2D eigenvalue weighted by Crippen LogP contribution is -2.37. The van der Waals surface area contributed by atoms with Gasteiger partial charge in [0.05, 0.1) is 12.5 Å². The van der Waals surface area contributed by atoms with Crippen molar-refractivity contribution in [1.29, 1.82) is 0 Å². The third-order valence-electron chi connectivity index (χ3n) is 2.72. The van der Waals surface area contributed by atoms with E-state index < -0.39 is 0 Å². The average Bonchev–Trinajstić information content (AvgIpc) is 2.71. The molecule has 3 N–H and O–H groups in total. The molecule has 2 atom stereocenters. The highest BCUT2D eigenvalue weighted by molar-refractivity contribution is 7.11. The molecule has 0 radical (unpaired) electrons. The van der Waals surface area contributed by atoms with Crippen LogP contribution in [-0.4, -0.2) is 31.7 Å². The van der Waals surface area contributed by atoms with E-state index in [9.17, 15) is 4.79 Å². The Bertz CT molecular complexity index is 380. The number of nitrogens with two attached hydrogens (primary N) is 1. The number of nitrogens with one attached hydrogen (secondary N) is 1. The highest BCUT2D eigenvalue weighted by Gasteiger charge is 2.14. The normalized spacial score (nSPS) is 13.5. The Morgan fingerprint density at radius 3 is 2.68 bits per heavy atom. The van der Waals surface area contributed by atoms with Crippen molar-refractivity contribution in [3.63, 3.8) is 0 Å². The highest BCUT2D eigenvalue weighted by Crippen LogP contribution is 2.16. The van der Waals surface area contributed by atoms with Crippen LogP contribution < -0.4 is 11.1 Å². The minimum atomic E-state index is -0.193. The molecule has 19 heavy (non-hydrogen) atoms. The number of carbonyl (C=O) groups excluding carboxylic acids is 1. The molecule has 1 rings (SSSR count). The van der Waals surface area contributed by atoms with Gasteiger partial charge in [0.15, 0.2) is 0 Å². The van der Waals surface area contributed by atoms with Gasteiger partial charge in [0.2, 0.25) is 5.91 Å². The predicted octanol–water partition coefficient (Wildman–Crippen LogP) is 1.89. The van der Waals surface area contributed by atoms with Gasteiger partial charge in [0, 0.05) is 35.9 Å². The molecule has 0 aliphatic carbocycles. The van der Waals surface area contributed by atoms with Gasteiger partial charge in [-0.25, -0.2) is 0 Å². The number of ether oxygens (including phenoxy) is 1. The van der Waals surface area contributed by atoms with Crippen molar-refractivity contribution >= 4 is 29.7 Å². The standard InChI is InChI=1S/C13H22N2O2S.ClH/c1-9(6-12-5-4-10(2)18-12)15-13(16)7-11(8-14)17-3;/h4-5,9,11H,6-8,14H2,1-3H3,(H,15,16);1H. The molecule has 1 heterocycles. The first-order chi connectivity index (χ1) is 8.55. The first-order valence-electron chi connectivity index (χ1n) is 6.12. The number of hydrogen-bond acceptors (Lipinski definition) is 4. The Morgan fingerprint density at radius 2 is 2.21 bits per heavy atom. The number of hydrogen-bond donors (Lipinski definition) is 2. The summed E-state index contributed by atoms with van der Waals surface area (Å²) in [7, 11) is 1.57. The molecule has 1 aromatic heterocycles. The Labute approximate surface area is 125 Å². The SMILES string of the molecule is COC(CN)CC(=O)NC(C)Cc1ccc(C)s1.Cl. The van der Waals surface area contributed by atoms with Gasteiger partial charge in [0.1, 0.15) is 0 Å². The van der Waals surface area contributed by atoms with E-state index in [0.29, 0.717) is 13.0 Å². The van der Waals surface area contributed by atoms with Crippen LogP contribution in [0.15, 0.2) is 12.1 Å². The lowest BCUT2D eigenvalue weighted by atomic mass is 10.2. The molecule has 0 aromatic carbocycles. The van der Waals surface area contributed by atoms with Crippen molar-refractivity contribution in [3.05, 3.63) is 21.9 Å². The Balaban J connectivity index is 0.00000324. The zero-order valence-corrected chi connectivity index (χ0v) is 13.3. The molecule has 4 nitrogen and oxygen atoms in total. The maximum absolute atomic E-state index is 11.7. The summed E-state index contributed by atoms with van der Waals surface area (Å²) in [5.74, 6) is -0.00641. The quantitative estimate of drug-likeness (QED) is 0.808. The topological polar surface area (TPSA) is 64.3 Å².